The van der Waals surface area contributed by atoms with E-state index in [2.05, 4.69) is 0 Å². The van der Waals surface area contributed by atoms with Gasteiger partial charge >= 0.3 is 33.1 Å². The van der Waals surface area contributed by atoms with Gasteiger partial charge in [-0.25, -0.2) is 0 Å². The minimum atomic E-state index is -3.12. The van der Waals surface area contributed by atoms with Gasteiger partial charge in [0.25, 0.3) is 0 Å². The summed E-state index contributed by atoms with van der Waals surface area (Å²) in [5.41, 5.74) is 2.72. The Labute approximate surface area is 80.2 Å². The van der Waals surface area contributed by atoms with Crippen LogP contribution in [0.2, 0.25) is 16.4 Å². The van der Waals surface area contributed by atoms with Gasteiger partial charge in [0.1, 0.15) is 0 Å². The largest absolute Gasteiger partial charge is 0.0843 e. The molecule has 0 fully saturated rings. The molecule has 0 aliphatic carbocycles. The van der Waals surface area contributed by atoms with E-state index in [1.54, 1.807) is 0 Å². The number of benzene rings is 1. The topological polar surface area (TPSA) is 37.3 Å². The number of rotatable bonds is 0. The maximum atomic E-state index is 9.83. The van der Waals surface area contributed by atoms with Gasteiger partial charge in [0, 0.05) is 5.02 Å². The van der Waals surface area contributed by atoms with E-state index >= 15 is 0 Å². The SMILES string of the molecule is C[As](C)(=O)O.Clc1ccccc1. The van der Waals surface area contributed by atoms with E-state index in [1.165, 1.54) is 11.4 Å². The maximum absolute atomic E-state index is 9.83. The van der Waals surface area contributed by atoms with Gasteiger partial charge in [-0.15, -0.1) is 0 Å². The fourth-order valence-corrected chi connectivity index (χ4v) is 0.560. The predicted molar refractivity (Wildman–Crippen MR) is 51.8 cm³/mol. The fourth-order valence-electron chi connectivity index (χ4n) is 0.415. The van der Waals surface area contributed by atoms with E-state index in [9.17, 15) is 3.74 Å². The van der Waals surface area contributed by atoms with Crippen molar-refractivity contribution >= 4 is 25.4 Å². The average molecular weight is 251 g/mol. The Kier molecular flexibility index (Phi) is 5.39. The Bertz CT molecular complexity index is 247. The van der Waals surface area contributed by atoms with Gasteiger partial charge in [-0.3, -0.25) is 0 Å². The first-order valence-electron chi connectivity index (χ1n) is 3.38. The van der Waals surface area contributed by atoms with Gasteiger partial charge < -0.3 is 0 Å². The van der Waals surface area contributed by atoms with Crippen molar-refractivity contribution in [3.8, 4) is 0 Å². The number of hydrogen-bond acceptors (Lipinski definition) is 1. The van der Waals surface area contributed by atoms with Crippen LogP contribution in [0.25, 0.3) is 0 Å². The second-order valence-electron chi connectivity index (χ2n) is 2.59. The molecule has 0 saturated heterocycles. The molecule has 0 aliphatic rings. The van der Waals surface area contributed by atoms with E-state index in [4.69, 9.17) is 15.7 Å². The maximum Gasteiger partial charge on any atom is 0.0405 e. The molecule has 0 heterocycles. The minimum absolute atomic E-state index is 0.794. The van der Waals surface area contributed by atoms with Crippen molar-refractivity contribution in [3.05, 3.63) is 35.4 Å². The molecule has 1 aromatic rings. The summed E-state index contributed by atoms with van der Waals surface area (Å²) in [5, 5.41) is 0.794. The summed E-state index contributed by atoms with van der Waals surface area (Å²) in [7, 11) is 0. The fraction of sp³-hybridized carbons (Fsp3) is 0.250. The van der Waals surface area contributed by atoms with Crippen LogP contribution in [-0.2, 0) is 3.74 Å². The average Bonchev–Trinajstić information content (AvgIpc) is 1.85. The Hall–Kier alpha value is -0.172. The smallest absolute Gasteiger partial charge is 0.0405 e. The molecule has 0 aromatic heterocycles. The number of hydrogen-bond donors (Lipinski definition) is 1. The van der Waals surface area contributed by atoms with Gasteiger partial charge in [-0.1, -0.05) is 29.8 Å². The summed E-state index contributed by atoms with van der Waals surface area (Å²) >= 11 is 2.41. The molecule has 1 rings (SSSR count). The van der Waals surface area contributed by atoms with Gasteiger partial charge in [-0.05, 0) is 12.1 Å². The minimum Gasteiger partial charge on any atom is -0.0843 e. The van der Waals surface area contributed by atoms with E-state index < -0.39 is 13.8 Å². The molecule has 68 valence electrons. The molecule has 0 atom stereocenters. The molecule has 1 N–H and O–H groups in total. The Balaban J connectivity index is 0.000000217. The van der Waals surface area contributed by atoms with Crippen molar-refractivity contribution in [2.24, 2.45) is 0 Å². The van der Waals surface area contributed by atoms with Crippen LogP contribution in [0.5, 0.6) is 0 Å². The monoisotopic (exact) mass is 250 g/mol. The molecule has 0 bridgehead atoms. The molecular weight excluding hydrogens is 238 g/mol. The van der Waals surface area contributed by atoms with E-state index in [1.807, 2.05) is 30.3 Å². The van der Waals surface area contributed by atoms with Crippen LogP contribution in [0.15, 0.2) is 30.3 Å². The molecule has 12 heavy (non-hydrogen) atoms. The summed E-state index contributed by atoms with van der Waals surface area (Å²) < 4.78 is 18.0. The van der Waals surface area contributed by atoms with Crippen LogP contribution in [0, 0.1) is 0 Å². The Morgan fingerprint density at radius 2 is 1.58 bits per heavy atom. The molecule has 0 unspecified atom stereocenters. The van der Waals surface area contributed by atoms with Crippen molar-refractivity contribution < 1.29 is 7.84 Å². The van der Waals surface area contributed by atoms with Gasteiger partial charge in [0.2, 0.25) is 0 Å². The molecule has 0 radical (unpaired) electrons. The van der Waals surface area contributed by atoms with Crippen LogP contribution in [0.1, 0.15) is 0 Å². The third-order valence-corrected chi connectivity index (χ3v) is 0.985. The molecular formula is C8H12AsClO2. The van der Waals surface area contributed by atoms with E-state index in [0.717, 1.165) is 5.02 Å². The van der Waals surface area contributed by atoms with Crippen LogP contribution in [0.4, 0.5) is 0 Å². The molecule has 0 aliphatic heterocycles. The van der Waals surface area contributed by atoms with E-state index in [-0.39, 0.29) is 0 Å². The molecule has 2 nitrogen and oxygen atoms in total. The Morgan fingerprint density at radius 3 is 1.75 bits per heavy atom. The van der Waals surface area contributed by atoms with Crippen molar-refractivity contribution in [2.75, 3.05) is 0 Å². The van der Waals surface area contributed by atoms with Gasteiger partial charge in [0.15, 0.2) is 0 Å². The predicted octanol–water partition coefficient (Wildman–Crippen LogP) is 2.45. The Morgan fingerprint density at radius 1 is 1.25 bits per heavy atom. The second-order valence-corrected chi connectivity index (χ2v) is 8.46. The van der Waals surface area contributed by atoms with Crippen LogP contribution < -0.4 is 0 Å². The zero-order valence-corrected chi connectivity index (χ0v) is 9.70. The quantitative estimate of drug-likeness (QED) is 0.718. The summed E-state index contributed by atoms with van der Waals surface area (Å²) in [5.74, 6) is 0. The molecule has 0 spiro atoms. The van der Waals surface area contributed by atoms with E-state index in [0.29, 0.717) is 0 Å². The van der Waals surface area contributed by atoms with Crippen molar-refractivity contribution in [3.63, 3.8) is 0 Å². The van der Waals surface area contributed by atoms with Gasteiger partial charge in [0.05, 0.1) is 0 Å². The zero-order chi connectivity index (χ0) is 9.61. The summed E-state index contributed by atoms with van der Waals surface area (Å²) in [4.78, 5) is 0. The molecule has 4 heteroatoms. The van der Waals surface area contributed by atoms with Crippen molar-refractivity contribution in [2.45, 2.75) is 11.4 Å². The van der Waals surface area contributed by atoms with Crippen LogP contribution in [0.3, 0.4) is 0 Å². The second kappa shape index (κ2) is 5.47. The van der Waals surface area contributed by atoms with Gasteiger partial charge in [-0.2, -0.15) is 0 Å². The standard InChI is InChI=1S/C6H5Cl.C2H7AsO2/c7-6-4-2-1-3-5-6;1-3(2,4)5/h1-5H;1-2H3,(H,4,5). The first-order chi connectivity index (χ1) is 5.39. The van der Waals surface area contributed by atoms with Crippen LogP contribution >= 0.6 is 11.6 Å². The summed E-state index contributed by atoms with van der Waals surface area (Å²) in [6.07, 6.45) is 0. The number of halogens is 1. The third kappa shape index (κ3) is 12.5. The van der Waals surface area contributed by atoms with Crippen molar-refractivity contribution in [1.29, 1.82) is 0 Å². The third-order valence-electron chi connectivity index (χ3n) is 0.733. The summed E-state index contributed by atoms with van der Waals surface area (Å²) in [6, 6.07) is 9.44. The van der Waals surface area contributed by atoms with Crippen molar-refractivity contribution in [1.82, 2.24) is 0 Å². The van der Waals surface area contributed by atoms with Crippen LogP contribution in [-0.4, -0.2) is 17.9 Å². The normalized spacial score (nSPS) is 10.0. The molecule has 0 amide bonds. The molecule has 0 saturated carbocycles. The molecule has 1 aromatic carbocycles. The zero-order valence-electron chi connectivity index (χ0n) is 7.07. The first-order valence-corrected chi connectivity index (χ1v) is 9.11. The first kappa shape index (κ1) is 11.8. The summed E-state index contributed by atoms with van der Waals surface area (Å²) in [6.45, 7) is 0.